The van der Waals surface area contributed by atoms with E-state index in [2.05, 4.69) is 62.5 Å². The van der Waals surface area contributed by atoms with Crippen LogP contribution in [0.4, 0.5) is 0 Å². The van der Waals surface area contributed by atoms with Crippen LogP contribution in [0.1, 0.15) is 206 Å². The van der Waals surface area contributed by atoms with E-state index < -0.39 is 26.5 Å². The third-order valence-corrected chi connectivity index (χ3v) is 11.3. The Morgan fingerprint density at radius 3 is 1.42 bits per heavy atom. The fourth-order valence-electron chi connectivity index (χ4n) is 6.59. The number of hydrogen-bond acceptors (Lipinski definition) is 8. The highest BCUT2D eigenvalue weighted by Crippen LogP contribution is 2.38. The Kier molecular flexibility index (Phi) is 40.8. The number of ether oxygens (including phenoxy) is 2. The topological polar surface area (TPSA) is 111 Å². The number of esters is 2. The second-order valence-corrected chi connectivity index (χ2v) is 18.9. The third-order valence-electron chi connectivity index (χ3n) is 10.4. The van der Waals surface area contributed by atoms with Gasteiger partial charge in [-0.25, -0.2) is 0 Å². The predicted octanol–water partition coefficient (Wildman–Crippen LogP) is 13.6. The van der Waals surface area contributed by atoms with Crippen molar-refractivity contribution in [3.63, 3.8) is 0 Å². The van der Waals surface area contributed by atoms with Gasteiger partial charge in [0.25, 0.3) is 7.82 Å². The van der Waals surface area contributed by atoms with E-state index in [-0.39, 0.29) is 32.0 Å². The smallest absolute Gasteiger partial charge is 0.306 e. The number of rotatable bonds is 44. The minimum absolute atomic E-state index is 0.0317. The first-order valence-corrected chi connectivity index (χ1v) is 25.8. The lowest BCUT2D eigenvalue weighted by atomic mass is 10.0. The van der Waals surface area contributed by atoms with Crippen LogP contribution in [0.25, 0.3) is 0 Å². The first-order valence-electron chi connectivity index (χ1n) is 24.3. The van der Waals surface area contributed by atoms with Gasteiger partial charge in [-0.05, 0) is 51.4 Å². The molecule has 9 nitrogen and oxygen atoms in total. The average molecular weight is 866 g/mol. The molecule has 0 bridgehead atoms. The van der Waals surface area contributed by atoms with Crippen molar-refractivity contribution < 1.29 is 42.1 Å². The van der Waals surface area contributed by atoms with Crippen molar-refractivity contribution >= 4 is 19.8 Å². The van der Waals surface area contributed by atoms with Gasteiger partial charge in [0.1, 0.15) is 19.8 Å². The Labute approximate surface area is 369 Å². The normalized spacial score (nSPS) is 13.9. The summed E-state index contributed by atoms with van der Waals surface area (Å²) < 4.78 is 34.0. The fraction of sp³-hybridized carbons (Fsp3) is 0.800. The van der Waals surface area contributed by atoms with Crippen LogP contribution < -0.4 is 4.89 Å². The Morgan fingerprint density at radius 1 is 0.533 bits per heavy atom. The molecule has 0 aliphatic rings. The van der Waals surface area contributed by atoms with E-state index in [1.807, 2.05) is 21.1 Å². The minimum atomic E-state index is -4.63. The van der Waals surface area contributed by atoms with Gasteiger partial charge < -0.3 is 27.9 Å². The van der Waals surface area contributed by atoms with Crippen molar-refractivity contribution in [2.75, 3.05) is 47.5 Å². The molecule has 2 unspecified atom stereocenters. The van der Waals surface area contributed by atoms with Gasteiger partial charge >= 0.3 is 11.9 Å². The van der Waals surface area contributed by atoms with Gasteiger partial charge in [0.05, 0.1) is 27.7 Å². The summed E-state index contributed by atoms with van der Waals surface area (Å²) in [4.78, 5) is 37.6. The largest absolute Gasteiger partial charge is 0.756 e. The fourth-order valence-corrected chi connectivity index (χ4v) is 7.32. The zero-order chi connectivity index (χ0) is 44.3. The number of hydrogen-bond donors (Lipinski definition) is 0. The van der Waals surface area contributed by atoms with E-state index in [1.165, 1.54) is 103 Å². The number of likely N-dealkylation sites (N-methyl/N-ethyl adjacent to an activating group) is 1. The molecule has 0 rings (SSSR count). The van der Waals surface area contributed by atoms with Gasteiger partial charge in [-0.1, -0.05) is 191 Å². The lowest BCUT2D eigenvalue weighted by Crippen LogP contribution is -2.37. The zero-order valence-corrected chi connectivity index (χ0v) is 40.3. The molecule has 0 heterocycles. The second-order valence-electron chi connectivity index (χ2n) is 17.5. The van der Waals surface area contributed by atoms with E-state index in [4.69, 9.17) is 18.5 Å². The van der Waals surface area contributed by atoms with Crippen molar-refractivity contribution in [3.8, 4) is 0 Å². The molecule has 0 aromatic carbocycles. The van der Waals surface area contributed by atoms with Crippen LogP contribution in [0.2, 0.25) is 0 Å². The Balaban J connectivity index is 4.25. The first-order chi connectivity index (χ1) is 29.0. The van der Waals surface area contributed by atoms with Crippen LogP contribution in [0.3, 0.4) is 0 Å². The van der Waals surface area contributed by atoms with Crippen molar-refractivity contribution in [2.45, 2.75) is 213 Å². The van der Waals surface area contributed by atoms with E-state index in [9.17, 15) is 19.0 Å². The molecule has 0 aliphatic heterocycles. The molecule has 0 radical (unpaired) electrons. The molecule has 350 valence electrons. The van der Waals surface area contributed by atoms with Crippen molar-refractivity contribution in [1.82, 2.24) is 0 Å². The highest BCUT2D eigenvalue weighted by atomic mass is 31.2. The highest BCUT2D eigenvalue weighted by Gasteiger charge is 2.21. The van der Waals surface area contributed by atoms with Crippen LogP contribution in [-0.4, -0.2) is 70.0 Å². The number of carbonyl (C=O) groups is 2. The van der Waals surface area contributed by atoms with E-state index in [0.29, 0.717) is 17.4 Å². The second kappa shape index (κ2) is 42.3. The van der Waals surface area contributed by atoms with Crippen molar-refractivity contribution in [3.05, 3.63) is 48.6 Å². The van der Waals surface area contributed by atoms with Crippen LogP contribution in [0.15, 0.2) is 48.6 Å². The quantitative estimate of drug-likeness (QED) is 0.0196. The number of allylic oxidation sites excluding steroid dienone is 8. The van der Waals surface area contributed by atoms with E-state index in [1.54, 1.807) is 0 Å². The van der Waals surface area contributed by atoms with Crippen molar-refractivity contribution in [1.29, 1.82) is 0 Å². The molecular formula is C50H92NO8P. The zero-order valence-electron chi connectivity index (χ0n) is 39.4. The molecule has 0 saturated carbocycles. The third kappa shape index (κ3) is 45.5. The maximum Gasteiger partial charge on any atom is 0.306 e. The van der Waals surface area contributed by atoms with Gasteiger partial charge in [-0.2, -0.15) is 0 Å². The molecule has 0 amide bonds. The SMILES string of the molecule is CC/C=C\C/C=C\C/C=C\C/C=C\CCCCCCCCCCCCC(=O)OC(COC(=O)CCCCCCCCCCCCCCC)COP(=O)([O-])OCC[N+](C)(C)C. The monoisotopic (exact) mass is 866 g/mol. The van der Waals surface area contributed by atoms with Crippen LogP contribution >= 0.6 is 7.82 Å². The Hall–Kier alpha value is -2.03. The summed E-state index contributed by atoms with van der Waals surface area (Å²) in [5.41, 5.74) is 0. The molecule has 0 aromatic heterocycles. The van der Waals surface area contributed by atoms with Crippen LogP contribution in [-0.2, 0) is 32.7 Å². The molecule has 0 fully saturated rings. The number of phosphoric ester groups is 1. The number of quaternary nitrogens is 1. The number of nitrogens with zero attached hydrogens (tertiary/aromatic N) is 1. The average Bonchev–Trinajstić information content (AvgIpc) is 3.20. The summed E-state index contributed by atoms with van der Waals surface area (Å²) in [5.74, 6) is -0.835. The summed E-state index contributed by atoms with van der Waals surface area (Å²) in [7, 11) is 1.16. The Bertz CT molecular complexity index is 1160. The standard InChI is InChI=1S/C50H92NO8P/c1-6-8-10-12-14-16-18-20-21-22-23-24-25-26-27-28-29-31-33-35-37-39-41-43-50(53)59-48(47-58-60(54,55)57-45-44-51(3,4)5)46-56-49(52)42-40-38-36-34-32-30-19-17-15-13-11-9-7-2/h8,10,14,16,20-21,23-24,48H,6-7,9,11-13,15,17-19,22,25-47H2,1-5H3/b10-8-,16-14-,21-20-,24-23-. The lowest BCUT2D eigenvalue weighted by molar-refractivity contribution is -0.870. The van der Waals surface area contributed by atoms with Gasteiger partial charge in [0.15, 0.2) is 6.10 Å². The van der Waals surface area contributed by atoms with Gasteiger partial charge in [0, 0.05) is 12.8 Å². The molecule has 10 heteroatoms. The predicted molar refractivity (Wildman–Crippen MR) is 250 cm³/mol. The number of phosphoric acid groups is 1. The maximum absolute atomic E-state index is 12.7. The summed E-state index contributed by atoms with van der Waals surface area (Å²) >= 11 is 0. The maximum atomic E-state index is 12.7. The molecule has 0 aromatic rings. The first kappa shape index (κ1) is 58.0. The summed E-state index contributed by atoms with van der Waals surface area (Å²) in [6.45, 7) is 4.12. The molecule has 2 atom stereocenters. The van der Waals surface area contributed by atoms with E-state index in [0.717, 1.165) is 70.6 Å². The van der Waals surface area contributed by atoms with E-state index >= 15 is 0 Å². The molecule has 0 aliphatic carbocycles. The Morgan fingerprint density at radius 2 is 0.950 bits per heavy atom. The lowest BCUT2D eigenvalue weighted by Gasteiger charge is -2.28. The van der Waals surface area contributed by atoms with Gasteiger partial charge in [0.2, 0.25) is 0 Å². The number of unbranched alkanes of at least 4 members (excludes halogenated alkanes) is 22. The molecular weight excluding hydrogens is 774 g/mol. The summed E-state index contributed by atoms with van der Waals surface area (Å²) in [6.07, 6.45) is 49.9. The van der Waals surface area contributed by atoms with Crippen LogP contribution in [0, 0.1) is 0 Å². The number of carbonyl (C=O) groups excluding carboxylic acids is 2. The molecule has 0 N–H and O–H groups in total. The minimum Gasteiger partial charge on any atom is -0.756 e. The van der Waals surface area contributed by atoms with Crippen molar-refractivity contribution in [2.24, 2.45) is 0 Å². The summed E-state index contributed by atoms with van der Waals surface area (Å²) in [6, 6.07) is 0. The summed E-state index contributed by atoms with van der Waals surface area (Å²) in [5, 5.41) is 0. The molecule has 0 spiro atoms. The molecule has 0 saturated heterocycles. The van der Waals surface area contributed by atoms with Crippen LogP contribution in [0.5, 0.6) is 0 Å². The van der Waals surface area contributed by atoms with Gasteiger partial charge in [-0.15, -0.1) is 0 Å². The molecule has 60 heavy (non-hydrogen) atoms. The van der Waals surface area contributed by atoms with Gasteiger partial charge in [-0.3, -0.25) is 14.2 Å². The highest BCUT2D eigenvalue weighted by molar-refractivity contribution is 7.45.